The normalized spacial score (nSPS) is 14.6. The summed E-state index contributed by atoms with van der Waals surface area (Å²) in [6, 6.07) is 10.2. The molecule has 0 amide bonds. The Balaban J connectivity index is 1.59. The van der Waals surface area contributed by atoms with Gasteiger partial charge >= 0.3 is 0 Å². The van der Waals surface area contributed by atoms with Crippen LogP contribution in [0, 0.1) is 0 Å². The number of hydrogen-bond donors (Lipinski definition) is 1. The zero-order valence-corrected chi connectivity index (χ0v) is 15.5. The van der Waals surface area contributed by atoms with E-state index < -0.39 is 0 Å². The highest BCUT2D eigenvalue weighted by molar-refractivity contribution is 6.11. The number of hydrogen-bond acceptors (Lipinski definition) is 6. The van der Waals surface area contributed by atoms with Crippen LogP contribution in [0.25, 0.3) is 12.2 Å². The second-order valence-corrected chi connectivity index (χ2v) is 6.38. The number of pyridine rings is 1. The number of morpholine rings is 1. The summed E-state index contributed by atoms with van der Waals surface area (Å²) >= 11 is 0. The van der Waals surface area contributed by atoms with Crippen molar-refractivity contribution in [3.8, 4) is 5.75 Å². The molecule has 1 aliphatic heterocycles. The maximum atomic E-state index is 12.1. The fourth-order valence-electron chi connectivity index (χ4n) is 2.83. The van der Waals surface area contributed by atoms with Crippen molar-refractivity contribution in [1.29, 1.82) is 0 Å². The maximum Gasteiger partial charge on any atom is 0.163 e. The molecule has 1 aromatic carbocycles. The van der Waals surface area contributed by atoms with E-state index in [1.807, 2.05) is 12.1 Å². The van der Waals surface area contributed by atoms with E-state index in [9.17, 15) is 14.7 Å². The number of aromatic hydroxyl groups is 1. The molecule has 1 aromatic heterocycles. The third-order valence-corrected chi connectivity index (χ3v) is 4.28. The van der Waals surface area contributed by atoms with Gasteiger partial charge in [0.05, 0.1) is 19.6 Å². The van der Waals surface area contributed by atoms with Gasteiger partial charge in [0, 0.05) is 24.8 Å². The molecule has 28 heavy (non-hydrogen) atoms. The number of rotatable bonds is 7. The molecule has 3 rings (SSSR count). The predicted octanol–water partition coefficient (Wildman–Crippen LogP) is 2.88. The van der Waals surface area contributed by atoms with Crippen LogP contribution in [0.4, 0.5) is 5.82 Å². The average molecular weight is 378 g/mol. The number of benzene rings is 1. The van der Waals surface area contributed by atoms with Crippen molar-refractivity contribution in [3.63, 3.8) is 0 Å². The number of carbonyl (C=O) groups excluding carboxylic acids is 2. The minimum Gasteiger partial charge on any atom is -0.508 e. The third kappa shape index (κ3) is 5.62. The lowest BCUT2D eigenvalue weighted by Gasteiger charge is -2.28. The van der Waals surface area contributed by atoms with Crippen LogP contribution in [0.5, 0.6) is 5.75 Å². The third-order valence-electron chi connectivity index (χ3n) is 4.28. The summed E-state index contributed by atoms with van der Waals surface area (Å²) in [5.41, 5.74) is 1.62. The molecule has 1 saturated heterocycles. The lowest BCUT2D eigenvalue weighted by atomic mass is 10.1. The standard InChI is InChI=1S/C22H22N2O4/c25-19-7-3-17(4-8-19)5-9-20(26)16-21(27)10-6-18-2-1-11-23-22(18)24-12-14-28-15-13-24/h1-11,25H,12-16H2. The zero-order valence-electron chi connectivity index (χ0n) is 15.5. The molecule has 144 valence electrons. The molecule has 1 N–H and O–H groups in total. The first kappa shape index (κ1) is 19.5. The van der Waals surface area contributed by atoms with Gasteiger partial charge in [-0.25, -0.2) is 4.98 Å². The molecule has 0 aliphatic carbocycles. The Bertz CT molecular complexity index is 882. The summed E-state index contributed by atoms with van der Waals surface area (Å²) in [7, 11) is 0. The van der Waals surface area contributed by atoms with Gasteiger partial charge in [-0.3, -0.25) is 9.59 Å². The lowest BCUT2D eigenvalue weighted by Crippen LogP contribution is -2.37. The topological polar surface area (TPSA) is 79.7 Å². The number of nitrogens with zero attached hydrogens (tertiary/aromatic N) is 2. The molecule has 0 unspecified atom stereocenters. The number of phenolic OH excluding ortho intramolecular Hbond substituents is 1. The van der Waals surface area contributed by atoms with Crippen molar-refractivity contribution in [2.75, 3.05) is 31.2 Å². The molecule has 6 heteroatoms. The largest absolute Gasteiger partial charge is 0.508 e. The average Bonchev–Trinajstić information content (AvgIpc) is 2.73. The highest BCUT2D eigenvalue weighted by Gasteiger charge is 2.14. The van der Waals surface area contributed by atoms with Crippen LogP contribution in [0.2, 0.25) is 0 Å². The lowest BCUT2D eigenvalue weighted by molar-refractivity contribution is -0.121. The number of phenols is 1. The van der Waals surface area contributed by atoms with Gasteiger partial charge in [0.1, 0.15) is 11.6 Å². The first-order chi connectivity index (χ1) is 13.6. The quantitative estimate of drug-likeness (QED) is 0.590. The Hall–Kier alpha value is -3.25. The van der Waals surface area contributed by atoms with Gasteiger partial charge in [-0.15, -0.1) is 0 Å². The Labute approximate surface area is 163 Å². The van der Waals surface area contributed by atoms with Crippen LogP contribution in [-0.4, -0.2) is 48.0 Å². The molecule has 1 fully saturated rings. The number of allylic oxidation sites excluding steroid dienone is 2. The second kappa shape index (κ2) is 9.62. The van der Waals surface area contributed by atoms with Crippen LogP contribution < -0.4 is 4.90 Å². The maximum absolute atomic E-state index is 12.1. The van der Waals surface area contributed by atoms with Gasteiger partial charge in [0.25, 0.3) is 0 Å². The Kier molecular flexibility index (Phi) is 6.70. The summed E-state index contributed by atoms with van der Waals surface area (Å²) in [6.45, 7) is 2.82. The van der Waals surface area contributed by atoms with E-state index >= 15 is 0 Å². The number of ketones is 2. The van der Waals surface area contributed by atoms with E-state index in [1.165, 1.54) is 24.3 Å². The molecule has 0 saturated carbocycles. The predicted molar refractivity (Wildman–Crippen MR) is 108 cm³/mol. The Morgan fingerprint density at radius 1 is 1.04 bits per heavy atom. The number of anilines is 1. The number of carbonyl (C=O) groups is 2. The van der Waals surface area contributed by atoms with E-state index in [4.69, 9.17) is 4.74 Å². The van der Waals surface area contributed by atoms with Crippen LogP contribution >= 0.6 is 0 Å². The molecule has 0 atom stereocenters. The minimum absolute atomic E-state index is 0.163. The first-order valence-electron chi connectivity index (χ1n) is 9.10. The second-order valence-electron chi connectivity index (χ2n) is 6.38. The SMILES string of the molecule is O=C(C=Cc1ccc(O)cc1)CC(=O)C=Cc1cccnc1N1CCOCC1. The fraction of sp³-hybridized carbons (Fsp3) is 0.227. The van der Waals surface area contributed by atoms with Gasteiger partial charge < -0.3 is 14.7 Å². The fourth-order valence-corrected chi connectivity index (χ4v) is 2.83. The van der Waals surface area contributed by atoms with E-state index in [1.54, 1.807) is 30.5 Å². The Morgan fingerprint density at radius 3 is 2.43 bits per heavy atom. The van der Waals surface area contributed by atoms with Crippen molar-refractivity contribution in [1.82, 2.24) is 4.98 Å². The van der Waals surface area contributed by atoms with Crippen molar-refractivity contribution in [3.05, 3.63) is 65.9 Å². The van der Waals surface area contributed by atoms with E-state index in [-0.39, 0.29) is 23.7 Å². The van der Waals surface area contributed by atoms with Gasteiger partial charge in [0.15, 0.2) is 11.6 Å². The molecule has 2 heterocycles. The van der Waals surface area contributed by atoms with Crippen molar-refractivity contribution in [2.24, 2.45) is 0 Å². The molecule has 6 nitrogen and oxygen atoms in total. The Morgan fingerprint density at radius 2 is 1.71 bits per heavy atom. The molecular weight excluding hydrogens is 356 g/mol. The highest BCUT2D eigenvalue weighted by Crippen LogP contribution is 2.20. The molecule has 0 radical (unpaired) electrons. The van der Waals surface area contributed by atoms with Gasteiger partial charge in [-0.05, 0) is 48.1 Å². The summed E-state index contributed by atoms with van der Waals surface area (Å²) in [5.74, 6) is 0.434. The van der Waals surface area contributed by atoms with Crippen LogP contribution in [0.1, 0.15) is 17.5 Å². The zero-order chi connectivity index (χ0) is 19.8. The molecule has 1 aliphatic rings. The van der Waals surface area contributed by atoms with Gasteiger partial charge in [-0.1, -0.05) is 18.2 Å². The van der Waals surface area contributed by atoms with E-state index in [2.05, 4.69) is 9.88 Å². The monoisotopic (exact) mass is 378 g/mol. The molecule has 2 aromatic rings. The van der Waals surface area contributed by atoms with E-state index in [0.29, 0.717) is 13.2 Å². The van der Waals surface area contributed by atoms with Crippen molar-refractivity contribution in [2.45, 2.75) is 6.42 Å². The van der Waals surface area contributed by atoms with Gasteiger partial charge in [-0.2, -0.15) is 0 Å². The molecule has 0 bridgehead atoms. The molecule has 0 spiro atoms. The first-order valence-corrected chi connectivity index (χ1v) is 9.10. The van der Waals surface area contributed by atoms with Gasteiger partial charge in [0.2, 0.25) is 0 Å². The van der Waals surface area contributed by atoms with Crippen LogP contribution in [0.3, 0.4) is 0 Å². The number of aromatic nitrogens is 1. The van der Waals surface area contributed by atoms with Crippen LogP contribution in [-0.2, 0) is 14.3 Å². The summed E-state index contributed by atoms with van der Waals surface area (Å²) in [6.07, 6.45) is 7.65. The summed E-state index contributed by atoms with van der Waals surface area (Å²) < 4.78 is 5.37. The van der Waals surface area contributed by atoms with Crippen LogP contribution in [0.15, 0.2) is 54.7 Å². The highest BCUT2D eigenvalue weighted by atomic mass is 16.5. The number of ether oxygens (including phenoxy) is 1. The minimum atomic E-state index is -0.276. The van der Waals surface area contributed by atoms with Crippen molar-refractivity contribution < 1.29 is 19.4 Å². The molecular formula is C22H22N2O4. The smallest absolute Gasteiger partial charge is 0.163 e. The summed E-state index contributed by atoms with van der Waals surface area (Å²) in [5, 5.41) is 9.25. The van der Waals surface area contributed by atoms with Crippen molar-refractivity contribution >= 4 is 29.5 Å². The van der Waals surface area contributed by atoms with E-state index in [0.717, 1.165) is 30.0 Å². The summed E-state index contributed by atoms with van der Waals surface area (Å²) in [4.78, 5) is 30.7.